The first-order valence-electron chi connectivity index (χ1n) is 7.97. The summed E-state index contributed by atoms with van der Waals surface area (Å²) in [6.07, 6.45) is 1.25. The van der Waals surface area contributed by atoms with Gasteiger partial charge in [0.15, 0.2) is 0 Å². The number of rotatable bonds is 5. The van der Waals surface area contributed by atoms with Crippen LogP contribution in [0.15, 0.2) is 54.6 Å². The average molecular weight is 311 g/mol. The van der Waals surface area contributed by atoms with E-state index in [9.17, 15) is 4.79 Å². The van der Waals surface area contributed by atoms with Gasteiger partial charge in [-0.2, -0.15) is 0 Å². The van der Waals surface area contributed by atoms with Crippen molar-refractivity contribution in [2.75, 3.05) is 11.9 Å². The number of amides is 1. The number of nitrogens with one attached hydrogen (secondary N) is 1. The third-order valence-corrected chi connectivity index (χ3v) is 3.94. The van der Waals surface area contributed by atoms with Crippen LogP contribution in [0, 0.1) is 0 Å². The van der Waals surface area contributed by atoms with E-state index in [0.29, 0.717) is 18.0 Å². The van der Waals surface area contributed by atoms with Crippen molar-refractivity contribution in [2.24, 2.45) is 0 Å². The molecule has 1 amide bonds. The van der Waals surface area contributed by atoms with Crippen molar-refractivity contribution in [1.82, 2.24) is 0 Å². The van der Waals surface area contributed by atoms with E-state index in [2.05, 4.69) is 5.32 Å². The number of ether oxygens (including phenoxy) is 2. The van der Waals surface area contributed by atoms with Gasteiger partial charge in [-0.3, -0.25) is 4.79 Å². The maximum Gasteiger partial charge on any atom is 0.253 e. The van der Waals surface area contributed by atoms with Gasteiger partial charge in [-0.1, -0.05) is 42.5 Å². The van der Waals surface area contributed by atoms with Crippen LogP contribution in [-0.4, -0.2) is 18.6 Å². The van der Waals surface area contributed by atoms with E-state index < -0.39 is 0 Å². The summed E-state index contributed by atoms with van der Waals surface area (Å²) in [6.45, 7) is 2.65. The molecule has 4 nitrogen and oxygen atoms in total. The molecule has 1 fully saturated rings. The van der Waals surface area contributed by atoms with Gasteiger partial charge in [-0.15, -0.1) is 0 Å². The van der Waals surface area contributed by atoms with E-state index in [0.717, 1.165) is 18.4 Å². The fourth-order valence-electron chi connectivity index (χ4n) is 2.65. The standard InChI is InChI=1S/C19H21NO3/c1-14(15-8-3-2-4-9-15)23-17-11-6-5-10-16(17)20-19(21)18-12-7-13-22-18/h2-6,8-11,14,18H,7,12-13H2,1H3,(H,20,21)/t14-,18+/m1/s1. The number of para-hydroxylation sites is 2. The zero-order valence-corrected chi connectivity index (χ0v) is 13.2. The predicted octanol–water partition coefficient (Wildman–Crippen LogP) is 3.94. The molecule has 0 aliphatic carbocycles. The minimum Gasteiger partial charge on any atom is -0.484 e. The van der Waals surface area contributed by atoms with Crippen LogP contribution in [0.5, 0.6) is 5.75 Å². The molecule has 0 aromatic heterocycles. The maximum absolute atomic E-state index is 12.2. The second-order valence-corrected chi connectivity index (χ2v) is 5.66. The third-order valence-electron chi connectivity index (χ3n) is 3.94. The minimum absolute atomic E-state index is 0.100. The molecule has 1 saturated heterocycles. The van der Waals surface area contributed by atoms with Crippen LogP contribution in [0.3, 0.4) is 0 Å². The van der Waals surface area contributed by atoms with Gasteiger partial charge in [0.25, 0.3) is 5.91 Å². The van der Waals surface area contributed by atoms with Gasteiger partial charge in [0.05, 0.1) is 5.69 Å². The average Bonchev–Trinajstić information content (AvgIpc) is 3.12. The smallest absolute Gasteiger partial charge is 0.253 e. The molecule has 1 aliphatic rings. The van der Waals surface area contributed by atoms with Gasteiger partial charge in [0.2, 0.25) is 0 Å². The van der Waals surface area contributed by atoms with E-state index in [1.165, 1.54) is 0 Å². The highest BCUT2D eigenvalue weighted by molar-refractivity contribution is 5.95. The molecule has 0 saturated carbocycles. The van der Waals surface area contributed by atoms with Crippen LogP contribution >= 0.6 is 0 Å². The second kappa shape index (κ2) is 7.29. The number of carbonyl (C=O) groups is 1. The van der Waals surface area contributed by atoms with Crippen LogP contribution in [0.25, 0.3) is 0 Å². The highest BCUT2D eigenvalue weighted by Crippen LogP contribution is 2.29. The molecule has 4 heteroatoms. The summed E-state index contributed by atoms with van der Waals surface area (Å²) in [7, 11) is 0. The van der Waals surface area contributed by atoms with Gasteiger partial charge < -0.3 is 14.8 Å². The first-order chi connectivity index (χ1) is 11.2. The fourth-order valence-corrected chi connectivity index (χ4v) is 2.65. The summed E-state index contributed by atoms with van der Waals surface area (Å²) in [5.41, 5.74) is 1.77. The number of benzene rings is 2. The molecule has 1 heterocycles. The minimum atomic E-state index is -0.352. The molecule has 0 bridgehead atoms. The molecule has 2 aromatic rings. The van der Waals surface area contributed by atoms with E-state index >= 15 is 0 Å². The molecule has 0 spiro atoms. The van der Waals surface area contributed by atoms with Gasteiger partial charge in [-0.05, 0) is 37.5 Å². The van der Waals surface area contributed by atoms with Crippen molar-refractivity contribution in [3.8, 4) is 5.75 Å². The third kappa shape index (κ3) is 3.90. The van der Waals surface area contributed by atoms with Gasteiger partial charge in [0.1, 0.15) is 18.0 Å². The Labute approximate surface area is 136 Å². The molecule has 120 valence electrons. The number of carbonyl (C=O) groups excluding carboxylic acids is 1. The maximum atomic E-state index is 12.2. The summed E-state index contributed by atoms with van der Waals surface area (Å²) in [5.74, 6) is 0.557. The molecule has 3 rings (SSSR count). The van der Waals surface area contributed by atoms with Gasteiger partial charge >= 0.3 is 0 Å². The van der Waals surface area contributed by atoms with Gasteiger partial charge in [-0.25, -0.2) is 0 Å². The largest absolute Gasteiger partial charge is 0.484 e. The lowest BCUT2D eigenvalue weighted by atomic mass is 10.1. The lowest BCUT2D eigenvalue weighted by molar-refractivity contribution is -0.124. The molecule has 1 aliphatic heterocycles. The van der Waals surface area contributed by atoms with Crippen LogP contribution in [0.4, 0.5) is 5.69 Å². The zero-order chi connectivity index (χ0) is 16.1. The van der Waals surface area contributed by atoms with Crippen molar-refractivity contribution >= 4 is 11.6 Å². The summed E-state index contributed by atoms with van der Waals surface area (Å²) in [4.78, 5) is 12.2. The highest BCUT2D eigenvalue weighted by Gasteiger charge is 2.24. The summed E-state index contributed by atoms with van der Waals surface area (Å²) < 4.78 is 11.5. The van der Waals surface area contributed by atoms with Crippen LogP contribution in [0.2, 0.25) is 0 Å². The first kappa shape index (κ1) is 15.6. The second-order valence-electron chi connectivity index (χ2n) is 5.66. The Balaban J connectivity index is 1.71. The summed E-state index contributed by atoms with van der Waals surface area (Å²) in [5, 5.41) is 2.92. The molecule has 23 heavy (non-hydrogen) atoms. The first-order valence-corrected chi connectivity index (χ1v) is 7.97. The normalized spacial score (nSPS) is 18.4. The van der Waals surface area contributed by atoms with E-state index in [1.807, 2.05) is 61.5 Å². The Hall–Kier alpha value is -2.33. The lowest BCUT2D eigenvalue weighted by Crippen LogP contribution is -2.27. The fraction of sp³-hybridized carbons (Fsp3) is 0.316. The topological polar surface area (TPSA) is 47.6 Å². The highest BCUT2D eigenvalue weighted by atomic mass is 16.5. The molecule has 1 N–H and O–H groups in total. The van der Waals surface area contributed by atoms with Crippen molar-refractivity contribution in [2.45, 2.75) is 32.0 Å². The van der Waals surface area contributed by atoms with E-state index in [4.69, 9.17) is 9.47 Å². The molecule has 2 atom stereocenters. The molecule has 2 aromatic carbocycles. The summed E-state index contributed by atoms with van der Waals surface area (Å²) >= 11 is 0. The Morgan fingerprint density at radius 3 is 2.65 bits per heavy atom. The number of hydrogen-bond acceptors (Lipinski definition) is 3. The van der Waals surface area contributed by atoms with Crippen LogP contribution < -0.4 is 10.1 Å². The monoisotopic (exact) mass is 311 g/mol. The van der Waals surface area contributed by atoms with Crippen LogP contribution in [0.1, 0.15) is 31.4 Å². The molecular formula is C19H21NO3. The quantitative estimate of drug-likeness (QED) is 0.909. The van der Waals surface area contributed by atoms with E-state index in [-0.39, 0.29) is 18.1 Å². The van der Waals surface area contributed by atoms with Crippen molar-refractivity contribution in [3.05, 3.63) is 60.2 Å². The Morgan fingerprint density at radius 1 is 1.17 bits per heavy atom. The predicted molar refractivity (Wildman–Crippen MR) is 89.5 cm³/mol. The molecule has 0 unspecified atom stereocenters. The van der Waals surface area contributed by atoms with E-state index in [1.54, 1.807) is 0 Å². The Morgan fingerprint density at radius 2 is 1.91 bits per heavy atom. The van der Waals surface area contributed by atoms with Gasteiger partial charge in [0, 0.05) is 6.61 Å². The van der Waals surface area contributed by atoms with Crippen molar-refractivity contribution in [1.29, 1.82) is 0 Å². The lowest BCUT2D eigenvalue weighted by Gasteiger charge is -2.19. The van der Waals surface area contributed by atoms with Crippen molar-refractivity contribution in [3.63, 3.8) is 0 Å². The molecular weight excluding hydrogens is 290 g/mol. The van der Waals surface area contributed by atoms with Crippen LogP contribution in [-0.2, 0) is 9.53 Å². The molecule has 0 radical (unpaired) electrons. The van der Waals surface area contributed by atoms with Crippen molar-refractivity contribution < 1.29 is 14.3 Å². The number of anilines is 1. The summed E-state index contributed by atoms with van der Waals surface area (Å²) in [6, 6.07) is 17.5. The SMILES string of the molecule is C[C@@H](Oc1ccccc1NC(=O)[C@@H]1CCCO1)c1ccccc1. The number of hydrogen-bond donors (Lipinski definition) is 1. The Kier molecular flexibility index (Phi) is 4.93. The zero-order valence-electron chi connectivity index (χ0n) is 13.2. The Bertz CT molecular complexity index is 651.